The van der Waals surface area contributed by atoms with Crippen molar-refractivity contribution in [2.24, 2.45) is 0 Å². The van der Waals surface area contributed by atoms with Crippen LogP contribution in [0.2, 0.25) is 5.02 Å². The van der Waals surface area contributed by atoms with E-state index in [1.807, 2.05) is 0 Å². The molecule has 1 aliphatic carbocycles. The molecule has 0 saturated heterocycles. The van der Waals surface area contributed by atoms with Crippen LogP contribution in [0.15, 0.2) is 29.2 Å². The van der Waals surface area contributed by atoms with Gasteiger partial charge in [-0.05, 0) is 44.0 Å². The second kappa shape index (κ2) is 7.53. The minimum Gasteiger partial charge on any atom is -0.385 e. The molecule has 1 aromatic carbocycles. The number of carbonyl (C=O) groups is 1. The highest BCUT2D eigenvalue weighted by atomic mass is 35.5. The van der Waals surface area contributed by atoms with Gasteiger partial charge in [-0.1, -0.05) is 11.6 Å². The Labute approximate surface area is 149 Å². The van der Waals surface area contributed by atoms with Crippen LogP contribution in [0, 0.1) is 0 Å². The van der Waals surface area contributed by atoms with Crippen molar-refractivity contribution in [3.63, 3.8) is 0 Å². The Bertz CT molecular complexity index is 728. The maximum atomic E-state index is 13.5. The lowest BCUT2D eigenvalue weighted by atomic mass is 9.89. The quantitative estimate of drug-likeness (QED) is 0.705. The summed E-state index contributed by atoms with van der Waals surface area (Å²) in [4.78, 5) is 12.0. The van der Waals surface area contributed by atoms with Crippen molar-refractivity contribution in [3.05, 3.63) is 29.3 Å². The SMILES string of the molecule is C[C@H](NS(=O)(=O)c1ccc(Cl)cc1)C(=O)N[C@@H]1CCCC(F)(F)[C@H]1O. The normalized spacial score (nSPS) is 24.5. The van der Waals surface area contributed by atoms with Crippen molar-refractivity contribution in [2.45, 2.75) is 55.2 Å². The first-order chi connectivity index (χ1) is 11.5. The van der Waals surface area contributed by atoms with Crippen molar-refractivity contribution >= 4 is 27.5 Å². The fourth-order valence-corrected chi connectivity index (χ4v) is 3.91. The number of aliphatic hydroxyl groups is 1. The first-order valence-corrected chi connectivity index (χ1v) is 9.53. The number of sulfonamides is 1. The molecule has 1 amide bonds. The van der Waals surface area contributed by atoms with E-state index >= 15 is 0 Å². The molecule has 0 spiro atoms. The summed E-state index contributed by atoms with van der Waals surface area (Å²) in [6.07, 6.45) is -2.09. The van der Waals surface area contributed by atoms with E-state index in [-0.39, 0.29) is 17.7 Å². The van der Waals surface area contributed by atoms with Crippen molar-refractivity contribution in [1.29, 1.82) is 0 Å². The zero-order valence-corrected chi connectivity index (χ0v) is 14.9. The minimum atomic E-state index is -3.98. The highest BCUT2D eigenvalue weighted by Crippen LogP contribution is 2.33. The van der Waals surface area contributed by atoms with Crippen LogP contribution in [-0.4, -0.2) is 43.5 Å². The third-order valence-electron chi connectivity index (χ3n) is 4.02. The summed E-state index contributed by atoms with van der Waals surface area (Å²) in [6, 6.07) is 3.01. The van der Waals surface area contributed by atoms with E-state index in [0.717, 1.165) is 0 Å². The number of hydrogen-bond donors (Lipinski definition) is 3. The topological polar surface area (TPSA) is 95.5 Å². The van der Waals surface area contributed by atoms with Gasteiger partial charge >= 0.3 is 0 Å². The lowest BCUT2D eigenvalue weighted by Crippen LogP contribution is -2.57. The molecule has 6 nitrogen and oxygen atoms in total. The number of halogens is 3. The van der Waals surface area contributed by atoms with Gasteiger partial charge in [0.1, 0.15) is 6.10 Å². The molecule has 0 bridgehead atoms. The number of amides is 1. The summed E-state index contributed by atoms with van der Waals surface area (Å²) in [5.74, 6) is -4.07. The van der Waals surface area contributed by atoms with Crippen LogP contribution in [0.25, 0.3) is 0 Å². The van der Waals surface area contributed by atoms with Crippen LogP contribution in [0.5, 0.6) is 0 Å². The molecule has 0 aliphatic heterocycles. The van der Waals surface area contributed by atoms with Gasteiger partial charge in [-0.3, -0.25) is 4.79 Å². The smallest absolute Gasteiger partial charge is 0.275 e. The van der Waals surface area contributed by atoms with Crippen molar-refractivity contribution in [2.75, 3.05) is 0 Å². The highest BCUT2D eigenvalue weighted by molar-refractivity contribution is 7.89. The third-order valence-corrected chi connectivity index (χ3v) is 5.82. The van der Waals surface area contributed by atoms with Gasteiger partial charge in [-0.25, -0.2) is 17.2 Å². The maximum absolute atomic E-state index is 13.5. The molecule has 3 atom stereocenters. The van der Waals surface area contributed by atoms with Gasteiger partial charge in [0.25, 0.3) is 5.92 Å². The summed E-state index contributed by atoms with van der Waals surface area (Å²) in [5.41, 5.74) is 0. The Balaban J connectivity index is 2.01. The molecule has 1 fully saturated rings. The van der Waals surface area contributed by atoms with Crippen LogP contribution in [0.3, 0.4) is 0 Å². The van der Waals surface area contributed by atoms with Crippen LogP contribution < -0.4 is 10.0 Å². The third kappa shape index (κ3) is 4.87. The van der Waals surface area contributed by atoms with E-state index in [4.69, 9.17) is 11.6 Å². The predicted octanol–water partition coefficient (Wildman–Crippen LogP) is 1.67. The molecule has 1 aliphatic rings. The summed E-state index contributed by atoms with van der Waals surface area (Å²) < 4.78 is 53.6. The van der Waals surface area contributed by atoms with E-state index in [1.54, 1.807) is 0 Å². The van der Waals surface area contributed by atoms with Gasteiger partial charge in [-0.2, -0.15) is 4.72 Å². The second-order valence-corrected chi connectivity index (χ2v) is 8.16. The summed E-state index contributed by atoms with van der Waals surface area (Å²) >= 11 is 5.70. The Morgan fingerprint density at radius 2 is 1.96 bits per heavy atom. The fourth-order valence-electron chi connectivity index (χ4n) is 2.58. The maximum Gasteiger partial charge on any atom is 0.275 e. The molecular formula is C15H19ClF2N2O4S. The van der Waals surface area contributed by atoms with Crippen LogP contribution in [0.1, 0.15) is 26.2 Å². The van der Waals surface area contributed by atoms with Crippen LogP contribution in [-0.2, 0) is 14.8 Å². The van der Waals surface area contributed by atoms with E-state index in [9.17, 15) is 27.1 Å². The molecule has 10 heteroatoms. The first-order valence-electron chi connectivity index (χ1n) is 7.67. The lowest BCUT2D eigenvalue weighted by molar-refractivity contribution is -0.149. The van der Waals surface area contributed by atoms with Crippen molar-refractivity contribution < 1.29 is 27.1 Å². The first kappa shape index (κ1) is 20.0. The molecule has 2 rings (SSSR count). The molecular weight excluding hydrogens is 378 g/mol. The predicted molar refractivity (Wildman–Crippen MR) is 88.0 cm³/mol. The Hall–Kier alpha value is -1.29. The van der Waals surface area contributed by atoms with Crippen LogP contribution in [0.4, 0.5) is 8.78 Å². The van der Waals surface area contributed by atoms with Gasteiger partial charge in [0.05, 0.1) is 17.0 Å². The molecule has 0 aromatic heterocycles. The summed E-state index contributed by atoms with van der Waals surface area (Å²) in [5, 5.41) is 12.3. The largest absolute Gasteiger partial charge is 0.385 e. The molecule has 1 aromatic rings. The number of rotatable bonds is 5. The monoisotopic (exact) mass is 396 g/mol. The molecule has 1 saturated carbocycles. The number of aliphatic hydroxyl groups excluding tert-OH is 1. The molecule has 0 heterocycles. The molecule has 3 N–H and O–H groups in total. The Morgan fingerprint density at radius 3 is 2.56 bits per heavy atom. The Kier molecular flexibility index (Phi) is 6.03. The van der Waals surface area contributed by atoms with E-state index in [1.165, 1.54) is 31.2 Å². The van der Waals surface area contributed by atoms with E-state index < -0.39 is 46.5 Å². The number of alkyl halides is 2. The minimum absolute atomic E-state index is 0.0826. The molecule has 25 heavy (non-hydrogen) atoms. The van der Waals surface area contributed by atoms with Gasteiger partial charge < -0.3 is 10.4 Å². The zero-order valence-electron chi connectivity index (χ0n) is 13.4. The molecule has 0 radical (unpaired) electrons. The van der Waals surface area contributed by atoms with Crippen LogP contribution >= 0.6 is 11.6 Å². The molecule has 140 valence electrons. The van der Waals surface area contributed by atoms with Crippen molar-refractivity contribution in [1.82, 2.24) is 10.0 Å². The van der Waals surface area contributed by atoms with Crippen molar-refractivity contribution in [3.8, 4) is 0 Å². The van der Waals surface area contributed by atoms with Gasteiger partial charge in [0.2, 0.25) is 15.9 Å². The standard InChI is InChI=1S/C15H19ClF2N2O4S/c1-9(20-25(23,24)11-6-4-10(16)5-7-11)14(22)19-12-3-2-8-15(17,18)13(12)21/h4-7,9,12-13,20-21H,2-3,8H2,1H3,(H,19,22)/t9-,12+,13-/m0/s1. The second-order valence-electron chi connectivity index (χ2n) is 6.01. The van der Waals surface area contributed by atoms with E-state index in [0.29, 0.717) is 5.02 Å². The summed E-state index contributed by atoms with van der Waals surface area (Å²) in [7, 11) is -3.98. The van der Waals surface area contributed by atoms with E-state index in [2.05, 4.69) is 10.0 Å². The highest BCUT2D eigenvalue weighted by Gasteiger charge is 2.46. The Morgan fingerprint density at radius 1 is 1.36 bits per heavy atom. The number of benzene rings is 1. The van der Waals surface area contributed by atoms with Gasteiger partial charge in [-0.15, -0.1) is 0 Å². The lowest BCUT2D eigenvalue weighted by Gasteiger charge is -2.35. The molecule has 0 unspecified atom stereocenters. The van der Waals surface area contributed by atoms with Gasteiger partial charge in [0.15, 0.2) is 0 Å². The fraction of sp³-hybridized carbons (Fsp3) is 0.533. The number of nitrogens with one attached hydrogen (secondary N) is 2. The summed E-state index contributed by atoms with van der Waals surface area (Å²) in [6.45, 7) is 1.29. The average Bonchev–Trinajstić information content (AvgIpc) is 2.51. The zero-order chi connectivity index (χ0) is 18.8. The number of hydrogen-bond acceptors (Lipinski definition) is 4. The number of carbonyl (C=O) groups excluding carboxylic acids is 1. The van der Waals surface area contributed by atoms with Gasteiger partial charge in [0, 0.05) is 11.4 Å². The average molecular weight is 397 g/mol.